The minimum Gasteiger partial charge on any atom is -0.194 e. The number of allylic oxidation sites excluding steroid dienone is 2. The zero-order valence-corrected chi connectivity index (χ0v) is 20.3. The Labute approximate surface area is 201 Å². The van der Waals surface area contributed by atoms with Gasteiger partial charge in [0.1, 0.15) is 0 Å². The van der Waals surface area contributed by atoms with E-state index in [1.165, 1.54) is 36.5 Å². The Balaban J connectivity index is 1.80. The van der Waals surface area contributed by atoms with Crippen molar-refractivity contribution in [1.29, 1.82) is 0 Å². The van der Waals surface area contributed by atoms with Crippen molar-refractivity contribution < 1.29 is 26.3 Å². The molecular formula is C23H14F6S4. The Kier molecular flexibility index (Phi) is 5.24. The van der Waals surface area contributed by atoms with Crippen LogP contribution in [0.5, 0.6) is 0 Å². The summed E-state index contributed by atoms with van der Waals surface area (Å²) in [4.78, 5) is 2.18. The molecule has 4 heterocycles. The molecule has 0 aromatic carbocycles. The second-order valence-corrected chi connectivity index (χ2v) is 11.7. The van der Waals surface area contributed by atoms with Crippen molar-refractivity contribution in [2.24, 2.45) is 0 Å². The van der Waals surface area contributed by atoms with Gasteiger partial charge in [0.15, 0.2) is 0 Å². The van der Waals surface area contributed by atoms with Gasteiger partial charge in [0.05, 0.1) is 11.1 Å². The smallest absolute Gasteiger partial charge is 0.194 e. The lowest BCUT2D eigenvalue weighted by molar-refractivity contribution is -0.254. The summed E-state index contributed by atoms with van der Waals surface area (Å²) in [7, 11) is 0. The minimum absolute atomic E-state index is 0.235. The van der Waals surface area contributed by atoms with E-state index >= 15 is 17.6 Å². The first-order valence-corrected chi connectivity index (χ1v) is 13.0. The molecule has 5 rings (SSSR count). The molecule has 4 aromatic heterocycles. The van der Waals surface area contributed by atoms with E-state index < -0.39 is 28.9 Å². The van der Waals surface area contributed by atoms with Gasteiger partial charge in [-0.25, -0.2) is 0 Å². The third-order valence-corrected chi connectivity index (χ3v) is 10.1. The first-order chi connectivity index (χ1) is 15.5. The SMILES string of the molecule is Cc1cc(-c2cccs2)sc1C1=C(c2sc(-c3cccs3)cc2C)C(F)(F)C(F)(F)C1(F)F. The van der Waals surface area contributed by atoms with Crippen molar-refractivity contribution in [2.45, 2.75) is 31.6 Å². The number of hydrogen-bond acceptors (Lipinski definition) is 4. The Hall–Kier alpha value is -1.88. The molecule has 1 aliphatic rings. The lowest BCUT2D eigenvalue weighted by atomic mass is 10.0. The molecule has 0 fully saturated rings. The molecule has 0 amide bonds. The maximum atomic E-state index is 15.2. The van der Waals surface area contributed by atoms with Crippen LogP contribution in [-0.4, -0.2) is 17.8 Å². The normalized spacial score (nSPS) is 18.9. The van der Waals surface area contributed by atoms with Gasteiger partial charge in [-0.05, 0) is 60.0 Å². The molecule has 1 aliphatic carbocycles. The van der Waals surface area contributed by atoms with E-state index in [1.807, 2.05) is 0 Å². The van der Waals surface area contributed by atoms with Gasteiger partial charge in [-0.15, -0.1) is 45.3 Å². The van der Waals surface area contributed by atoms with E-state index in [-0.39, 0.29) is 20.9 Å². The van der Waals surface area contributed by atoms with Crippen LogP contribution in [0.1, 0.15) is 20.9 Å². The Morgan fingerprint density at radius 1 is 0.606 bits per heavy atom. The van der Waals surface area contributed by atoms with Crippen LogP contribution < -0.4 is 0 Å². The number of halogens is 6. The van der Waals surface area contributed by atoms with Crippen LogP contribution in [0, 0.1) is 13.8 Å². The topological polar surface area (TPSA) is 0 Å². The van der Waals surface area contributed by atoms with Crippen LogP contribution in [0.25, 0.3) is 30.7 Å². The first-order valence-electron chi connectivity index (χ1n) is 9.65. The van der Waals surface area contributed by atoms with Crippen molar-refractivity contribution in [3.63, 3.8) is 0 Å². The van der Waals surface area contributed by atoms with Crippen LogP contribution in [-0.2, 0) is 0 Å². The van der Waals surface area contributed by atoms with E-state index in [9.17, 15) is 8.78 Å². The van der Waals surface area contributed by atoms with Crippen molar-refractivity contribution >= 4 is 56.5 Å². The molecule has 0 spiro atoms. The van der Waals surface area contributed by atoms with Gasteiger partial charge in [0.25, 0.3) is 0 Å². The summed E-state index contributed by atoms with van der Waals surface area (Å²) in [5.41, 5.74) is -2.02. The number of thiophene rings is 4. The second-order valence-electron chi connectivity index (χ2n) is 7.67. The quantitative estimate of drug-likeness (QED) is 0.230. The molecule has 0 N–H and O–H groups in total. The highest BCUT2D eigenvalue weighted by Gasteiger charge is 2.80. The van der Waals surface area contributed by atoms with Gasteiger partial charge < -0.3 is 0 Å². The van der Waals surface area contributed by atoms with Gasteiger partial charge in [-0.2, -0.15) is 26.3 Å². The predicted molar refractivity (Wildman–Crippen MR) is 126 cm³/mol. The highest BCUT2D eigenvalue weighted by molar-refractivity contribution is 7.23. The number of rotatable bonds is 4. The van der Waals surface area contributed by atoms with E-state index in [4.69, 9.17) is 0 Å². The molecule has 0 saturated heterocycles. The molecule has 10 heteroatoms. The van der Waals surface area contributed by atoms with Crippen LogP contribution in [0.15, 0.2) is 47.2 Å². The summed E-state index contributed by atoms with van der Waals surface area (Å²) < 4.78 is 90.0. The van der Waals surface area contributed by atoms with Crippen LogP contribution in [0.3, 0.4) is 0 Å². The monoisotopic (exact) mass is 532 g/mol. The maximum absolute atomic E-state index is 15.2. The lowest BCUT2D eigenvalue weighted by Crippen LogP contribution is -2.48. The first kappa shape index (κ1) is 22.9. The molecule has 0 unspecified atom stereocenters. The third kappa shape index (κ3) is 3.21. The van der Waals surface area contributed by atoms with Crippen LogP contribution in [0.2, 0.25) is 0 Å². The average Bonchev–Trinajstić information content (AvgIpc) is 3.53. The third-order valence-electron chi connectivity index (χ3n) is 5.48. The van der Waals surface area contributed by atoms with E-state index in [0.717, 1.165) is 32.4 Å². The van der Waals surface area contributed by atoms with E-state index in [0.29, 0.717) is 9.75 Å². The molecule has 0 bridgehead atoms. The maximum Gasteiger partial charge on any atom is 0.380 e. The largest absolute Gasteiger partial charge is 0.380 e. The summed E-state index contributed by atoms with van der Waals surface area (Å²) in [5.74, 6) is -15.6. The van der Waals surface area contributed by atoms with Crippen LogP contribution >= 0.6 is 45.3 Å². The summed E-state index contributed by atoms with van der Waals surface area (Å²) in [6.45, 7) is 2.97. The molecule has 4 aromatic rings. The van der Waals surface area contributed by atoms with Gasteiger partial charge in [0.2, 0.25) is 0 Å². The van der Waals surface area contributed by atoms with Crippen molar-refractivity contribution in [3.8, 4) is 19.5 Å². The molecule has 0 saturated carbocycles. The Morgan fingerprint density at radius 2 is 1.00 bits per heavy atom. The fourth-order valence-corrected chi connectivity index (χ4v) is 8.04. The number of hydrogen-bond donors (Lipinski definition) is 0. The fraction of sp³-hybridized carbons (Fsp3) is 0.217. The lowest BCUT2D eigenvalue weighted by Gasteiger charge is -2.25. The highest BCUT2D eigenvalue weighted by atomic mass is 32.1. The summed E-state index contributed by atoms with van der Waals surface area (Å²) in [5, 5.41) is 3.59. The average molecular weight is 533 g/mol. The van der Waals surface area contributed by atoms with Crippen LogP contribution in [0.4, 0.5) is 26.3 Å². The summed E-state index contributed by atoms with van der Waals surface area (Å²) >= 11 is 4.39. The van der Waals surface area contributed by atoms with Crippen molar-refractivity contribution in [2.75, 3.05) is 0 Å². The fourth-order valence-electron chi connectivity index (χ4n) is 3.88. The highest BCUT2D eigenvalue weighted by Crippen LogP contribution is 2.66. The molecule has 0 radical (unpaired) electrons. The van der Waals surface area contributed by atoms with Gasteiger partial charge in [0, 0.05) is 29.3 Å². The Bertz CT molecular complexity index is 1250. The van der Waals surface area contributed by atoms with Gasteiger partial charge in [-0.3, -0.25) is 0 Å². The molecule has 172 valence electrons. The molecule has 0 aliphatic heterocycles. The zero-order chi connectivity index (χ0) is 23.8. The molecule has 0 atom stereocenters. The summed E-state index contributed by atoms with van der Waals surface area (Å²) in [6, 6.07) is 10.2. The van der Waals surface area contributed by atoms with Gasteiger partial charge >= 0.3 is 17.8 Å². The second kappa shape index (κ2) is 7.56. The Morgan fingerprint density at radius 3 is 1.33 bits per heavy atom. The zero-order valence-electron chi connectivity index (χ0n) is 17.0. The van der Waals surface area contributed by atoms with Gasteiger partial charge in [-0.1, -0.05) is 12.1 Å². The minimum atomic E-state index is -5.55. The van der Waals surface area contributed by atoms with E-state index in [2.05, 4.69) is 0 Å². The number of aryl methyl sites for hydroxylation is 2. The predicted octanol–water partition coefficient (Wildman–Crippen LogP) is 9.71. The standard InChI is InChI=1S/C23H14F6S4/c1-11-9-15(13-5-3-7-30-13)32-19(11)17-18(22(26,27)23(28,29)21(17,24)25)20-12(2)10-16(33-20)14-6-4-8-31-14/h3-10H,1-2H3. The molecule has 33 heavy (non-hydrogen) atoms. The summed E-state index contributed by atoms with van der Waals surface area (Å²) in [6.07, 6.45) is 0. The van der Waals surface area contributed by atoms with Crippen molar-refractivity contribution in [1.82, 2.24) is 0 Å². The number of alkyl halides is 6. The molecule has 0 nitrogen and oxygen atoms in total. The molecular weight excluding hydrogens is 519 g/mol. The van der Waals surface area contributed by atoms with E-state index in [1.54, 1.807) is 47.2 Å². The van der Waals surface area contributed by atoms with Crippen molar-refractivity contribution in [3.05, 3.63) is 68.0 Å².